The fraction of sp³-hybridized carbons (Fsp3) is 0.211. The molecule has 0 fully saturated rings. The molecule has 3 rings (SSSR count). The number of rotatable bonds is 5. The normalized spacial score (nSPS) is 10.4. The number of aryl methyl sites for hydroxylation is 1. The van der Waals surface area contributed by atoms with Crippen LogP contribution in [0.25, 0.3) is 10.9 Å². The molecule has 0 atom stereocenters. The van der Waals surface area contributed by atoms with Crippen molar-refractivity contribution < 1.29 is 4.74 Å². The summed E-state index contributed by atoms with van der Waals surface area (Å²) >= 11 is 0. The van der Waals surface area contributed by atoms with Gasteiger partial charge in [-0.2, -0.15) is 5.26 Å². The number of hydrogen-bond donors (Lipinski definition) is 2. The maximum atomic E-state index is 9.67. The summed E-state index contributed by atoms with van der Waals surface area (Å²) < 4.78 is 7.31. The van der Waals surface area contributed by atoms with Crippen LogP contribution in [0, 0.1) is 11.3 Å². The van der Waals surface area contributed by atoms with E-state index >= 15 is 0 Å². The van der Waals surface area contributed by atoms with Crippen molar-refractivity contribution in [3.63, 3.8) is 0 Å². The van der Waals surface area contributed by atoms with Crippen LogP contribution in [0.2, 0.25) is 0 Å². The van der Waals surface area contributed by atoms with Crippen LogP contribution in [0.4, 0.5) is 17.2 Å². The van der Waals surface area contributed by atoms with Crippen molar-refractivity contribution in [3.05, 3.63) is 48.0 Å². The Kier molecular flexibility index (Phi) is 4.30. The molecule has 5 nitrogen and oxygen atoms in total. The van der Waals surface area contributed by atoms with E-state index in [1.807, 2.05) is 43.4 Å². The molecule has 0 bridgehead atoms. The Morgan fingerprint density at radius 3 is 2.42 bits per heavy atom. The first-order valence-electron chi connectivity index (χ1n) is 7.87. The Hall–Kier alpha value is -3.13. The summed E-state index contributed by atoms with van der Waals surface area (Å²) in [6, 6.07) is 16.1. The standard InChI is InChI=1S/C19H20N4O/c1-4-23-18-11-14(21-2)7-10-16(18)17(12-20)19(23)22-13-5-8-15(24-3)9-6-13/h5-11,21-22H,4H2,1-3H3. The molecule has 5 heteroatoms. The highest BCUT2D eigenvalue weighted by Crippen LogP contribution is 2.33. The molecule has 122 valence electrons. The van der Waals surface area contributed by atoms with Gasteiger partial charge in [-0.05, 0) is 49.4 Å². The number of fused-ring (bicyclic) bond motifs is 1. The number of methoxy groups -OCH3 is 1. The van der Waals surface area contributed by atoms with E-state index in [9.17, 15) is 5.26 Å². The first-order valence-corrected chi connectivity index (χ1v) is 7.87. The summed E-state index contributed by atoms with van der Waals surface area (Å²) in [5.41, 5.74) is 3.64. The quantitative estimate of drug-likeness (QED) is 0.734. The number of hydrogen-bond acceptors (Lipinski definition) is 4. The van der Waals surface area contributed by atoms with Crippen LogP contribution in [0.1, 0.15) is 12.5 Å². The molecule has 2 N–H and O–H groups in total. The van der Waals surface area contributed by atoms with E-state index in [2.05, 4.69) is 34.3 Å². The summed E-state index contributed by atoms with van der Waals surface area (Å²) in [5.74, 6) is 1.61. The first-order chi connectivity index (χ1) is 11.7. The second kappa shape index (κ2) is 6.55. The third-order valence-electron chi connectivity index (χ3n) is 4.13. The van der Waals surface area contributed by atoms with E-state index in [0.717, 1.165) is 40.4 Å². The molecule has 2 aromatic carbocycles. The van der Waals surface area contributed by atoms with E-state index in [4.69, 9.17) is 4.74 Å². The van der Waals surface area contributed by atoms with E-state index in [0.29, 0.717) is 5.56 Å². The molecule has 24 heavy (non-hydrogen) atoms. The molecular weight excluding hydrogens is 300 g/mol. The molecule has 3 aromatic rings. The average Bonchev–Trinajstić information content (AvgIpc) is 2.93. The lowest BCUT2D eigenvalue weighted by atomic mass is 10.1. The van der Waals surface area contributed by atoms with Gasteiger partial charge in [0.2, 0.25) is 0 Å². The lowest BCUT2D eigenvalue weighted by Crippen LogP contribution is -2.02. The molecular formula is C19H20N4O. The molecule has 0 amide bonds. The van der Waals surface area contributed by atoms with Gasteiger partial charge in [-0.1, -0.05) is 0 Å². The third kappa shape index (κ3) is 2.63. The molecule has 0 unspecified atom stereocenters. The lowest BCUT2D eigenvalue weighted by Gasteiger charge is -2.12. The molecule has 0 aliphatic carbocycles. The lowest BCUT2D eigenvalue weighted by molar-refractivity contribution is 0.415. The minimum absolute atomic E-state index is 0.658. The molecule has 1 aromatic heterocycles. The van der Waals surface area contributed by atoms with Gasteiger partial charge >= 0.3 is 0 Å². The van der Waals surface area contributed by atoms with E-state index < -0.39 is 0 Å². The van der Waals surface area contributed by atoms with E-state index in [1.54, 1.807) is 7.11 Å². The van der Waals surface area contributed by atoms with Gasteiger partial charge in [0.1, 0.15) is 23.2 Å². The van der Waals surface area contributed by atoms with Crippen molar-refractivity contribution in [3.8, 4) is 11.8 Å². The van der Waals surface area contributed by atoms with Crippen LogP contribution in [-0.4, -0.2) is 18.7 Å². The summed E-state index contributed by atoms with van der Waals surface area (Å²) in [5, 5.41) is 17.2. The number of nitrogens with one attached hydrogen (secondary N) is 2. The fourth-order valence-corrected chi connectivity index (χ4v) is 2.89. The number of nitrogens with zero attached hydrogens (tertiary/aromatic N) is 2. The van der Waals surface area contributed by atoms with Crippen molar-refractivity contribution in [1.82, 2.24) is 4.57 Å². The molecule has 0 saturated heterocycles. The maximum Gasteiger partial charge on any atom is 0.129 e. The van der Waals surface area contributed by atoms with Gasteiger partial charge in [-0.15, -0.1) is 0 Å². The van der Waals surface area contributed by atoms with Crippen LogP contribution < -0.4 is 15.4 Å². The fourth-order valence-electron chi connectivity index (χ4n) is 2.89. The SMILES string of the molecule is CCn1c(Nc2ccc(OC)cc2)c(C#N)c2ccc(NC)cc21. The number of nitriles is 1. The zero-order chi connectivity index (χ0) is 17.1. The summed E-state index contributed by atoms with van der Waals surface area (Å²) in [6.07, 6.45) is 0. The molecule has 1 heterocycles. The molecule has 0 radical (unpaired) electrons. The Labute approximate surface area is 141 Å². The monoisotopic (exact) mass is 320 g/mol. The summed E-state index contributed by atoms with van der Waals surface area (Å²) in [6.45, 7) is 2.84. The van der Waals surface area contributed by atoms with Gasteiger partial charge < -0.3 is 19.9 Å². The van der Waals surface area contributed by atoms with Crippen LogP contribution in [0.5, 0.6) is 5.75 Å². The smallest absolute Gasteiger partial charge is 0.129 e. The van der Waals surface area contributed by atoms with Crippen molar-refractivity contribution in [2.45, 2.75) is 13.5 Å². The largest absolute Gasteiger partial charge is 0.497 e. The average molecular weight is 320 g/mol. The van der Waals surface area contributed by atoms with Crippen LogP contribution in [-0.2, 0) is 6.54 Å². The van der Waals surface area contributed by atoms with Gasteiger partial charge in [-0.25, -0.2) is 0 Å². The molecule has 0 saturated carbocycles. The third-order valence-corrected chi connectivity index (χ3v) is 4.13. The minimum Gasteiger partial charge on any atom is -0.497 e. The highest BCUT2D eigenvalue weighted by atomic mass is 16.5. The van der Waals surface area contributed by atoms with Gasteiger partial charge in [0.05, 0.1) is 12.6 Å². The molecule has 0 spiro atoms. The van der Waals surface area contributed by atoms with Gasteiger partial charge in [0, 0.05) is 30.4 Å². The Morgan fingerprint density at radius 2 is 1.83 bits per heavy atom. The van der Waals surface area contributed by atoms with Crippen molar-refractivity contribution >= 4 is 28.1 Å². The predicted molar refractivity (Wildman–Crippen MR) is 98.2 cm³/mol. The van der Waals surface area contributed by atoms with Gasteiger partial charge in [0.15, 0.2) is 0 Å². The van der Waals surface area contributed by atoms with Crippen molar-refractivity contribution in [2.75, 3.05) is 24.8 Å². The maximum absolute atomic E-state index is 9.67. The number of benzene rings is 2. The van der Waals surface area contributed by atoms with E-state index in [1.165, 1.54) is 0 Å². The van der Waals surface area contributed by atoms with Crippen LogP contribution >= 0.6 is 0 Å². The molecule has 0 aliphatic heterocycles. The second-order valence-corrected chi connectivity index (χ2v) is 5.42. The van der Waals surface area contributed by atoms with E-state index in [-0.39, 0.29) is 0 Å². The van der Waals surface area contributed by atoms with Crippen LogP contribution in [0.3, 0.4) is 0 Å². The first kappa shape index (κ1) is 15.8. The van der Waals surface area contributed by atoms with Gasteiger partial charge in [0.25, 0.3) is 0 Å². The predicted octanol–water partition coefficient (Wildman–Crippen LogP) is 4.33. The topological polar surface area (TPSA) is 62.0 Å². The number of anilines is 3. The second-order valence-electron chi connectivity index (χ2n) is 5.42. The zero-order valence-corrected chi connectivity index (χ0v) is 14.1. The van der Waals surface area contributed by atoms with Crippen LogP contribution in [0.15, 0.2) is 42.5 Å². The Balaban J connectivity index is 2.13. The van der Waals surface area contributed by atoms with Gasteiger partial charge in [-0.3, -0.25) is 0 Å². The number of ether oxygens (including phenoxy) is 1. The Bertz CT molecular complexity index is 904. The van der Waals surface area contributed by atoms with Crippen molar-refractivity contribution in [2.24, 2.45) is 0 Å². The Morgan fingerprint density at radius 1 is 1.12 bits per heavy atom. The highest BCUT2D eigenvalue weighted by molar-refractivity contribution is 5.95. The zero-order valence-electron chi connectivity index (χ0n) is 14.1. The van der Waals surface area contributed by atoms with Crippen molar-refractivity contribution in [1.29, 1.82) is 5.26 Å². The molecule has 0 aliphatic rings. The minimum atomic E-state index is 0.658. The highest BCUT2D eigenvalue weighted by Gasteiger charge is 2.17. The summed E-state index contributed by atoms with van der Waals surface area (Å²) in [4.78, 5) is 0. The summed E-state index contributed by atoms with van der Waals surface area (Å²) in [7, 11) is 3.53. The number of aromatic nitrogens is 1.